The third kappa shape index (κ3) is 4.06. The summed E-state index contributed by atoms with van der Waals surface area (Å²) in [5.41, 5.74) is 2.10. The molecule has 3 heteroatoms. The quantitative estimate of drug-likeness (QED) is 0.854. The van der Waals surface area contributed by atoms with Crippen LogP contribution in [0.15, 0.2) is 54.6 Å². The van der Waals surface area contributed by atoms with Crippen molar-refractivity contribution in [1.82, 2.24) is 5.32 Å². The van der Waals surface area contributed by atoms with Gasteiger partial charge in [0, 0.05) is 12.1 Å². The van der Waals surface area contributed by atoms with Crippen LogP contribution in [0.2, 0.25) is 0 Å². The highest BCUT2D eigenvalue weighted by Crippen LogP contribution is 2.21. The molecule has 21 heavy (non-hydrogen) atoms. The number of rotatable bonds is 6. The minimum absolute atomic E-state index is 0.0375. The Morgan fingerprint density at radius 1 is 0.905 bits per heavy atom. The van der Waals surface area contributed by atoms with Gasteiger partial charge in [0.15, 0.2) is 0 Å². The van der Waals surface area contributed by atoms with Gasteiger partial charge in [0.05, 0.1) is 13.2 Å². The van der Waals surface area contributed by atoms with Gasteiger partial charge in [-0.1, -0.05) is 42.5 Å². The molecule has 3 atom stereocenters. The molecule has 0 fully saturated rings. The van der Waals surface area contributed by atoms with E-state index in [-0.39, 0.29) is 12.1 Å². The van der Waals surface area contributed by atoms with E-state index in [1.807, 2.05) is 61.5 Å². The van der Waals surface area contributed by atoms with Crippen LogP contribution >= 0.6 is 0 Å². The number of aliphatic hydroxyl groups excluding tert-OH is 1. The van der Waals surface area contributed by atoms with Crippen molar-refractivity contribution in [2.24, 2.45) is 0 Å². The maximum absolute atomic E-state index is 10.4. The number of ether oxygens (including phenoxy) is 1. The molecule has 0 heterocycles. The first-order chi connectivity index (χ1) is 10.1. The molecule has 112 valence electrons. The Balaban J connectivity index is 1.99. The molecule has 0 saturated heterocycles. The highest BCUT2D eigenvalue weighted by Gasteiger charge is 2.18. The second-order valence-electron chi connectivity index (χ2n) is 5.31. The van der Waals surface area contributed by atoms with Crippen molar-refractivity contribution in [3.63, 3.8) is 0 Å². The molecular formula is C18H23NO2. The standard InChI is InChI=1S/C18H23NO2/c1-13(15-9-11-17(21-3)12-10-15)19-14(2)18(20)16-7-5-4-6-8-16/h4-14,18-20H,1-3H3/t13-,14-,18?/m0/s1. The van der Waals surface area contributed by atoms with Crippen LogP contribution < -0.4 is 10.1 Å². The third-order valence-electron chi connectivity index (χ3n) is 3.74. The zero-order valence-electron chi connectivity index (χ0n) is 12.8. The van der Waals surface area contributed by atoms with Crippen molar-refractivity contribution >= 4 is 0 Å². The van der Waals surface area contributed by atoms with E-state index in [4.69, 9.17) is 4.74 Å². The van der Waals surface area contributed by atoms with Crippen molar-refractivity contribution in [3.05, 3.63) is 65.7 Å². The van der Waals surface area contributed by atoms with Crippen molar-refractivity contribution < 1.29 is 9.84 Å². The number of hydrogen-bond acceptors (Lipinski definition) is 3. The van der Waals surface area contributed by atoms with E-state index in [0.717, 1.165) is 11.3 Å². The van der Waals surface area contributed by atoms with E-state index in [2.05, 4.69) is 12.2 Å². The van der Waals surface area contributed by atoms with E-state index in [1.165, 1.54) is 5.56 Å². The molecule has 2 rings (SSSR count). The predicted octanol–water partition coefficient (Wildman–Crippen LogP) is 3.47. The molecular weight excluding hydrogens is 262 g/mol. The molecule has 0 saturated carbocycles. The van der Waals surface area contributed by atoms with Gasteiger partial charge in [0.2, 0.25) is 0 Å². The maximum Gasteiger partial charge on any atom is 0.118 e. The van der Waals surface area contributed by atoms with Crippen LogP contribution in [0.25, 0.3) is 0 Å². The van der Waals surface area contributed by atoms with E-state index < -0.39 is 6.10 Å². The molecule has 0 aliphatic rings. The molecule has 0 bridgehead atoms. The van der Waals surface area contributed by atoms with Gasteiger partial charge in [-0.3, -0.25) is 0 Å². The number of hydrogen-bond donors (Lipinski definition) is 2. The first-order valence-corrected chi connectivity index (χ1v) is 7.25. The van der Waals surface area contributed by atoms with Crippen molar-refractivity contribution in [3.8, 4) is 5.75 Å². The lowest BCUT2D eigenvalue weighted by Gasteiger charge is -2.25. The fraction of sp³-hybridized carbons (Fsp3) is 0.333. The van der Waals surface area contributed by atoms with Gasteiger partial charge in [0.25, 0.3) is 0 Å². The second kappa shape index (κ2) is 7.25. The fourth-order valence-electron chi connectivity index (χ4n) is 2.41. The molecule has 2 aromatic carbocycles. The lowest BCUT2D eigenvalue weighted by molar-refractivity contribution is 0.130. The summed E-state index contributed by atoms with van der Waals surface area (Å²) in [7, 11) is 1.66. The Bertz CT molecular complexity index is 539. The molecule has 0 aliphatic heterocycles. The summed E-state index contributed by atoms with van der Waals surface area (Å²) >= 11 is 0. The number of aliphatic hydroxyl groups is 1. The molecule has 0 amide bonds. The minimum atomic E-state index is -0.521. The zero-order chi connectivity index (χ0) is 15.2. The van der Waals surface area contributed by atoms with Gasteiger partial charge < -0.3 is 15.2 Å². The average molecular weight is 285 g/mol. The monoisotopic (exact) mass is 285 g/mol. The molecule has 3 nitrogen and oxygen atoms in total. The molecule has 2 N–H and O–H groups in total. The molecule has 0 spiro atoms. The number of methoxy groups -OCH3 is 1. The van der Waals surface area contributed by atoms with E-state index in [1.54, 1.807) is 7.11 Å². The van der Waals surface area contributed by atoms with Gasteiger partial charge >= 0.3 is 0 Å². The van der Waals surface area contributed by atoms with Gasteiger partial charge in [0.1, 0.15) is 5.75 Å². The summed E-state index contributed by atoms with van der Waals surface area (Å²) < 4.78 is 5.17. The highest BCUT2D eigenvalue weighted by molar-refractivity contribution is 5.29. The molecule has 0 aliphatic carbocycles. The van der Waals surface area contributed by atoms with Gasteiger partial charge in [-0.2, -0.15) is 0 Å². The van der Waals surface area contributed by atoms with Crippen molar-refractivity contribution in [1.29, 1.82) is 0 Å². The fourth-order valence-corrected chi connectivity index (χ4v) is 2.41. The lowest BCUT2D eigenvalue weighted by atomic mass is 10.0. The summed E-state index contributed by atoms with van der Waals surface area (Å²) in [6, 6.07) is 17.8. The Morgan fingerprint density at radius 2 is 1.52 bits per heavy atom. The van der Waals surface area contributed by atoms with Gasteiger partial charge in [-0.15, -0.1) is 0 Å². The smallest absolute Gasteiger partial charge is 0.118 e. The first-order valence-electron chi connectivity index (χ1n) is 7.25. The van der Waals surface area contributed by atoms with E-state index in [9.17, 15) is 5.11 Å². The number of nitrogens with one attached hydrogen (secondary N) is 1. The summed E-state index contributed by atoms with van der Waals surface area (Å²) in [4.78, 5) is 0. The van der Waals surface area contributed by atoms with Crippen molar-refractivity contribution in [2.75, 3.05) is 7.11 Å². The summed E-state index contributed by atoms with van der Waals surface area (Å²) in [6.45, 7) is 4.09. The predicted molar refractivity (Wildman–Crippen MR) is 85.4 cm³/mol. The summed E-state index contributed by atoms with van der Waals surface area (Å²) in [5.74, 6) is 0.850. The lowest BCUT2D eigenvalue weighted by Crippen LogP contribution is -2.34. The van der Waals surface area contributed by atoms with Crippen LogP contribution in [-0.4, -0.2) is 18.3 Å². The van der Waals surface area contributed by atoms with Gasteiger partial charge in [-0.05, 0) is 37.1 Å². The zero-order valence-corrected chi connectivity index (χ0v) is 12.8. The minimum Gasteiger partial charge on any atom is -0.497 e. The molecule has 1 unspecified atom stereocenters. The van der Waals surface area contributed by atoms with Crippen LogP contribution in [0.5, 0.6) is 5.75 Å². The van der Waals surface area contributed by atoms with E-state index >= 15 is 0 Å². The van der Waals surface area contributed by atoms with Crippen LogP contribution in [0.1, 0.15) is 37.1 Å². The highest BCUT2D eigenvalue weighted by atomic mass is 16.5. The van der Waals surface area contributed by atoms with Crippen molar-refractivity contribution in [2.45, 2.75) is 32.0 Å². The molecule has 0 aromatic heterocycles. The Morgan fingerprint density at radius 3 is 2.10 bits per heavy atom. The van der Waals surface area contributed by atoms with Crippen LogP contribution in [0.3, 0.4) is 0 Å². The second-order valence-corrected chi connectivity index (χ2v) is 5.31. The Labute approximate surface area is 126 Å². The van der Waals surface area contributed by atoms with Crippen LogP contribution in [0.4, 0.5) is 0 Å². The normalized spacial score (nSPS) is 15.2. The van der Waals surface area contributed by atoms with E-state index in [0.29, 0.717) is 0 Å². The largest absolute Gasteiger partial charge is 0.497 e. The summed E-state index contributed by atoms with van der Waals surface area (Å²) in [5, 5.41) is 13.8. The molecule has 2 aromatic rings. The number of benzene rings is 2. The SMILES string of the molecule is COc1ccc([C@H](C)N[C@@H](C)C(O)c2ccccc2)cc1. The van der Waals surface area contributed by atoms with Crippen LogP contribution in [0, 0.1) is 0 Å². The summed E-state index contributed by atoms with van der Waals surface area (Å²) in [6.07, 6.45) is -0.521. The Kier molecular flexibility index (Phi) is 5.37. The maximum atomic E-state index is 10.4. The third-order valence-corrected chi connectivity index (χ3v) is 3.74. The van der Waals surface area contributed by atoms with Gasteiger partial charge in [-0.25, -0.2) is 0 Å². The first kappa shape index (κ1) is 15.5. The molecule has 0 radical (unpaired) electrons. The Hall–Kier alpha value is -1.84. The topological polar surface area (TPSA) is 41.5 Å². The average Bonchev–Trinajstić information content (AvgIpc) is 2.55. The van der Waals surface area contributed by atoms with Crippen LogP contribution in [-0.2, 0) is 0 Å².